The van der Waals surface area contributed by atoms with E-state index in [4.69, 9.17) is 22.1 Å². The number of rotatable bonds is 15. The summed E-state index contributed by atoms with van der Waals surface area (Å²) in [6.45, 7) is 13.1. The van der Waals surface area contributed by atoms with E-state index in [0.717, 1.165) is 18.0 Å². The normalized spacial score (nSPS) is 15.5. The van der Waals surface area contributed by atoms with Gasteiger partial charge in [-0.2, -0.15) is 0 Å². The van der Waals surface area contributed by atoms with E-state index in [0.29, 0.717) is 6.61 Å². The predicted molar refractivity (Wildman–Crippen MR) is 134 cm³/mol. The molecule has 1 aromatic carbocycles. The summed E-state index contributed by atoms with van der Waals surface area (Å²) >= 11 is 0. The molecule has 1 rings (SSSR count). The van der Waals surface area contributed by atoms with E-state index in [1.165, 1.54) is 6.08 Å². The van der Waals surface area contributed by atoms with Crippen LogP contribution in [0.2, 0.25) is 45.3 Å². The van der Waals surface area contributed by atoms with Crippen molar-refractivity contribution in [1.29, 1.82) is 0 Å². The average molecular weight is 501 g/mol. The molecule has 0 aliphatic carbocycles. The molecule has 0 amide bonds. The Morgan fingerprint density at radius 1 is 1.03 bits per heavy atom. The highest BCUT2D eigenvalue weighted by molar-refractivity contribution is 6.86. The number of aliphatic hydroxyl groups is 1. The molecule has 0 aliphatic rings. The van der Waals surface area contributed by atoms with Gasteiger partial charge in [0, 0.05) is 19.8 Å². The Hall–Kier alpha value is -1.12. The quantitative estimate of drug-likeness (QED) is 0.166. The minimum absolute atomic E-state index is 0.0980. The zero-order chi connectivity index (χ0) is 24.3. The first kappa shape index (κ1) is 28.9. The molecule has 0 saturated carbocycles. The van der Waals surface area contributed by atoms with Crippen molar-refractivity contribution in [3.8, 4) is 0 Å². The van der Waals surface area contributed by atoms with Gasteiger partial charge in [-0.15, -0.1) is 0 Å². The summed E-state index contributed by atoms with van der Waals surface area (Å²) < 4.78 is 29.0. The van der Waals surface area contributed by atoms with Gasteiger partial charge in [-0.25, -0.2) is 4.79 Å². The zero-order valence-corrected chi connectivity index (χ0v) is 23.6. The molecule has 0 fully saturated rings. The third kappa shape index (κ3) is 13.4. The highest BCUT2D eigenvalue weighted by Gasteiger charge is 2.41. The SMILES string of the molecule is CO[Si](C)(CCCOCC(O)COC(=O)/C=C/c1ccccc1)O[Si](C)(C)O[Si](C)(C)C. The zero-order valence-electron chi connectivity index (χ0n) is 20.6. The van der Waals surface area contributed by atoms with Crippen molar-refractivity contribution in [1.82, 2.24) is 0 Å². The van der Waals surface area contributed by atoms with Gasteiger partial charge in [0.1, 0.15) is 12.7 Å². The predicted octanol–water partition coefficient (Wildman–Crippen LogP) is 4.30. The minimum Gasteiger partial charge on any atom is -0.460 e. The summed E-state index contributed by atoms with van der Waals surface area (Å²) in [5.41, 5.74) is 0.905. The summed E-state index contributed by atoms with van der Waals surface area (Å²) in [7, 11) is -4.63. The largest absolute Gasteiger partial charge is 0.460 e. The summed E-state index contributed by atoms with van der Waals surface area (Å²) in [6, 6.07) is 10.2. The molecule has 182 valence electrons. The molecule has 0 aliphatic heterocycles. The van der Waals surface area contributed by atoms with E-state index in [1.807, 2.05) is 36.9 Å². The minimum atomic E-state index is -2.36. The van der Waals surface area contributed by atoms with Gasteiger partial charge in [-0.05, 0) is 63.4 Å². The van der Waals surface area contributed by atoms with Gasteiger partial charge in [0.05, 0.1) is 6.61 Å². The van der Waals surface area contributed by atoms with Crippen LogP contribution in [0.1, 0.15) is 12.0 Å². The number of benzene rings is 1. The molecule has 0 spiro atoms. The number of carbonyl (C=O) groups is 1. The van der Waals surface area contributed by atoms with Crippen molar-refractivity contribution < 1.29 is 32.0 Å². The molecule has 2 atom stereocenters. The Kier molecular flexibility index (Phi) is 12.2. The van der Waals surface area contributed by atoms with Crippen molar-refractivity contribution in [2.75, 3.05) is 26.9 Å². The highest BCUT2D eigenvalue weighted by Crippen LogP contribution is 2.24. The topological polar surface area (TPSA) is 83.5 Å². The van der Waals surface area contributed by atoms with Gasteiger partial charge in [0.15, 0.2) is 8.32 Å². The first-order valence-electron chi connectivity index (χ1n) is 11.0. The number of hydrogen-bond acceptors (Lipinski definition) is 7. The Bertz CT molecular complexity index is 707. The van der Waals surface area contributed by atoms with Crippen LogP contribution in [0.3, 0.4) is 0 Å². The fourth-order valence-corrected chi connectivity index (χ4v) is 15.5. The summed E-state index contributed by atoms with van der Waals surface area (Å²) in [6.07, 6.45) is 2.89. The summed E-state index contributed by atoms with van der Waals surface area (Å²) in [5, 5.41) is 9.98. The maximum absolute atomic E-state index is 11.8. The van der Waals surface area contributed by atoms with Crippen molar-refractivity contribution in [2.24, 2.45) is 0 Å². The van der Waals surface area contributed by atoms with Crippen LogP contribution in [0.5, 0.6) is 0 Å². The van der Waals surface area contributed by atoms with Gasteiger partial charge in [0.2, 0.25) is 0 Å². The standard InChI is InChI=1S/C22H40O7Si3/c1-25-32(7,29-31(5,6)28-30(2,3)4)17-11-16-26-18-21(23)19-27-22(24)15-14-20-12-9-8-10-13-20/h8-10,12-15,21,23H,11,16-19H2,1-7H3/b15-14+. The van der Waals surface area contributed by atoms with Gasteiger partial charge in [-0.1, -0.05) is 30.3 Å². The molecule has 0 radical (unpaired) electrons. The van der Waals surface area contributed by atoms with Crippen molar-refractivity contribution in [3.05, 3.63) is 42.0 Å². The van der Waals surface area contributed by atoms with Crippen LogP contribution >= 0.6 is 0 Å². The lowest BCUT2D eigenvalue weighted by molar-refractivity contribution is -0.141. The lowest BCUT2D eigenvalue weighted by Crippen LogP contribution is -2.53. The summed E-state index contributed by atoms with van der Waals surface area (Å²) in [4.78, 5) is 11.8. The monoisotopic (exact) mass is 500 g/mol. The average Bonchev–Trinajstić information content (AvgIpc) is 2.69. The Morgan fingerprint density at radius 3 is 2.28 bits per heavy atom. The molecule has 1 aromatic rings. The molecule has 0 aromatic heterocycles. The Balaban J connectivity index is 2.27. The van der Waals surface area contributed by atoms with Crippen LogP contribution in [0.4, 0.5) is 0 Å². The molecule has 10 heteroatoms. The number of carbonyl (C=O) groups excluding carboxylic acids is 1. The second-order valence-electron chi connectivity index (χ2n) is 9.26. The van der Waals surface area contributed by atoms with Crippen LogP contribution in [0, 0.1) is 0 Å². The van der Waals surface area contributed by atoms with E-state index >= 15 is 0 Å². The fourth-order valence-electron chi connectivity index (χ4n) is 3.19. The van der Waals surface area contributed by atoms with Gasteiger partial charge in [0.25, 0.3) is 0 Å². The lowest BCUT2D eigenvalue weighted by Gasteiger charge is -2.37. The lowest BCUT2D eigenvalue weighted by atomic mass is 10.2. The first-order valence-corrected chi connectivity index (χ1v) is 19.7. The number of aliphatic hydroxyl groups excluding tert-OH is 1. The van der Waals surface area contributed by atoms with E-state index in [-0.39, 0.29) is 13.2 Å². The molecular weight excluding hydrogens is 460 g/mol. The van der Waals surface area contributed by atoms with E-state index in [1.54, 1.807) is 13.2 Å². The molecule has 2 unspecified atom stereocenters. The molecule has 0 heterocycles. The van der Waals surface area contributed by atoms with Crippen molar-refractivity contribution >= 4 is 37.5 Å². The maximum Gasteiger partial charge on any atom is 0.330 e. The van der Waals surface area contributed by atoms with Crippen LogP contribution in [0.25, 0.3) is 6.08 Å². The first-order chi connectivity index (χ1) is 14.8. The van der Waals surface area contributed by atoms with E-state index in [9.17, 15) is 9.90 Å². The van der Waals surface area contributed by atoms with Gasteiger partial charge < -0.3 is 27.2 Å². The van der Waals surface area contributed by atoms with Crippen LogP contribution < -0.4 is 0 Å². The second-order valence-corrected chi connectivity index (χ2v) is 21.1. The third-order valence-electron chi connectivity index (χ3n) is 4.30. The van der Waals surface area contributed by atoms with Crippen molar-refractivity contribution in [2.45, 2.75) is 57.9 Å². The molecule has 0 bridgehead atoms. The van der Waals surface area contributed by atoms with Crippen molar-refractivity contribution in [3.63, 3.8) is 0 Å². The Morgan fingerprint density at radius 2 is 1.69 bits per heavy atom. The fraction of sp³-hybridized carbons (Fsp3) is 0.591. The summed E-state index contributed by atoms with van der Waals surface area (Å²) in [5.74, 6) is -0.501. The van der Waals surface area contributed by atoms with E-state index < -0.39 is 37.5 Å². The highest BCUT2D eigenvalue weighted by atomic mass is 28.5. The van der Waals surface area contributed by atoms with Crippen LogP contribution in [0.15, 0.2) is 36.4 Å². The van der Waals surface area contributed by atoms with Gasteiger partial charge >= 0.3 is 23.1 Å². The van der Waals surface area contributed by atoms with Gasteiger partial charge in [-0.3, -0.25) is 0 Å². The third-order valence-corrected chi connectivity index (χ3v) is 14.5. The molecule has 7 nitrogen and oxygen atoms in total. The van der Waals surface area contributed by atoms with Crippen LogP contribution in [-0.4, -0.2) is 69.5 Å². The van der Waals surface area contributed by atoms with Crippen LogP contribution in [-0.2, 0) is 26.9 Å². The second kappa shape index (κ2) is 13.6. The van der Waals surface area contributed by atoms with E-state index in [2.05, 4.69) is 32.7 Å². The smallest absolute Gasteiger partial charge is 0.330 e. The molecular formula is C22H40O7Si3. The molecule has 32 heavy (non-hydrogen) atoms. The molecule has 1 N–H and O–H groups in total. The maximum atomic E-state index is 11.8. The molecule has 0 saturated heterocycles. The number of esters is 1. The number of hydrogen-bond donors (Lipinski definition) is 1. The number of ether oxygens (including phenoxy) is 2. The Labute approximate surface area is 196 Å².